The van der Waals surface area contributed by atoms with Crippen LogP contribution in [0, 0.1) is 0 Å². The van der Waals surface area contributed by atoms with Crippen LogP contribution in [-0.4, -0.2) is 55.1 Å². The highest BCUT2D eigenvalue weighted by molar-refractivity contribution is 5.91. The number of methoxy groups -OCH3 is 2. The van der Waals surface area contributed by atoms with Crippen LogP contribution < -0.4 is 14.8 Å². The quantitative estimate of drug-likeness (QED) is 0.480. The molecule has 11 nitrogen and oxygen atoms in total. The first-order chi connectivity index (χ1) is 15.1. The molecule has 2 aromatic heterocycles. The number of tetrazole rings is 1. The van der Waals surface area contributed by atoms with Gasteiger partial charge in [-0.25, -0.2) is 0 Å². The second-order valence-corrected chi connectivity index (χ2v) is 6.61. The first-order valence-corrected chi connectivity index (χ1v) is 9.32. The minimum Gasteiger partial charge on any atom is -0.493 e. The fourth-order valence-electron chi connectivity index (χ4n) is 3.01. The Balaban J connectivity index is 1.45. The van der Waals surface area contributed by atoms with Gasteiger partial charge in [-0.15, -0.1) is 20.4 Å². The van der Waals surface area contributed by atoms with Gasteiger partial charge in [-0.1, -0.05) is 12.1 Å². The molecular formula is C20H20N8O3. The number of hydrogen-bond acceptors (Lipinski definition) is 8. The van der Waals surface area contributed by atoms with E-state index in [-0.39, 0.29) is 12.5 Å². The lowest BCUT2D eigenvalue weighted by Crippen LogP contribution is -2.20. The SMILES string of the molecule is COc1ccc(-c2nnn(CC(=O)Nc3cccc(-c4nncn4C)c3)n2)cc1OC. The lowest BCUT2D eigenvalue weighted by molar-refractivity contribution is -0.117. The predicted molar refractivity (Wildman–Crippen MR) is 111 cm³/mol. The van der Waals surface area contributed by atoms with Crippen LogP contribution in [0.4, 0.5) is 5.69 Å². The zero-order valence-electron chi connectivity index (χ0n) is 17.2. The van der Waals surface area contributed by atoms with Gasteiger partial charge in [0, 0.05) is 23.9 Å². The molecule has 1 N–H and O–H groups in total. The molecule has 1 amide bonds. The summed E-state index contributed by atoms with van der Waals surface area (Å²) in [5.74, 6) is 1.94. The Morgan fingerprint density at radius 2 is 1.87 bits per heavy atom. The van der Waals surface area contributed by atoms with Crippen LogP contribution in [-0.2, 0) is 18.4 Å². The van der Waals surface area contributed by atoms with Gasteiger partial charge in [0.05, 0.1) is 14.2 Å². The van der Waals surface area contributed by atoms with E-state index in [0.29, 0.717) is 34.4 Å². The van der Waals surface area contributed by atoms with Crippen molar-refractivity contribution in [1.82, 2.24) is 35.0 Å². The zero-order chi connectivity index (χ0) is 21.8. The number of nitrogens with one attached hydrogen (secondary N) is 1. The third kappa shape index (κ3) is 4.34. The molecule has 11 heteroatoms. The van der Waals surface area contributed by atoms with Crippen molar-refractivity contribution in [2.45, 2.75) is 6.54 Å². The number of ether oxygens (including phenoxy) is 2. The number of anilines is 1. The Morgan fingerprint density at radius 3 is 2.61 bits per heavy atom. The summed E-state index contributed by atoms with van der Waals surface area (Å²) in [7, 11) is 4.97. The van der Waals surface area contributed by atoms with Crippen molar-refractivity contribution in [3.8, 4) is 34.3 Å². The van der Waals surface area contributed by atoms with Crippen LogP contribution in [0.25, 0.3) is 22.8 Å². The Kier molecular flexibility index (Phi) is 5.56. The molecule has 0 atom stereocenters. The Hall–Kier alpha value is -4.28. The topological polar surface area (TPSA) is 122 Å². The molecule has 2 heterocycles. The molecule has 0 aliphatic rings. The molecule has 0 radical (unpaired) electrons. The molecule has 0 saturated heterocycles. The molecule has 0 spiro atoms. The minimum absolute atomic E-state index is 0.0888. The Labute approximate surface area is 177 Å². The van der Waals surface area contributed by atoms with E-state index in [1.54, 1.807) is 49.4 Å². The van der Waals surface area contributed by atoms with E-state index in [9.17, 15) is 4.79 Å². The standard InChI is InChI=1S/C20H20N8O3/c1-27-12-21-24-20(27)14-5-4-6-15(9-14)22-18(29)11-28-25-19(23-26-28)13-7-8-16(30-2)17(10-13)31-3/h4-10,12H,11H2,1-3H3,(H,22,29). The van der Waals surface area contributed by atoms with Crippen LogP contribution >= 0.6 is 0 Å². The number of aryl methyl sites for hydroxylation is 1. The van der Waals surface area contributed by atoms with Gasteiger partial charge in [0.2, 0.25) is 11.7 Å². The first kappa shape index (κ1) is 20.0. The van der Waals surface area contributed by atoms with E-state index in [4.69, 9.17) is 9.47 Å². The van der Waals surface area contributed by atoms with Crippen molar-refractivity contribution in [3.05, 3.63) is 48.8 Å². The van der Waals surface area contributed by atoms with E-state index in [1.807, 2.05) is 25.2 Å². The fraction of sp³-hybridized carbons (Fsp3) is 0.200. The predicted octanol–water partition coefficient (Wildman–Crippen LogP) is 1.79. The zero-order valence-corrected chi connectivity index (χ0v) is 17.2. The van der Waals surface area contributed by atoms with Gasteiger partial charge in [-0.3, -0.25) is 4.79 Å². The summed E-state index contributed by atoms with van der Waals surface area (Å²) >= 11 is 0. The molecule has 4 rings (SSSR count). The molecule has 0 aliphatic heterocycles. The number of carbonyl (C=O) groups is 1. The summed E-state index contributed by atoms with van der Waals surface area (Å²) in [6.45, 7) is -0.0888. The van der Waals surface area contributed by atoms with Gasteiger partial charge >= 0.3 is 0 Å². The van der Waals surface area contributed by atoms with E-state index < -0.39 is 0 Å². The smallest absolute Gasteiger partial charge is 0.248 e. The third-order valence-electron chi connectivity index (χ3n) is 4.50. The third-order valence-corrected chi connectivity index (χ3v) is 4.50. The average molecular weight is 420 g/mol. The van der Waals surface area contributed by atoms with E-state index >= 15 is 0 Å². The number of nitrogens with zero attached hydrogens (tertiary/aromatic N) is 7. The number of aromatic nitrogens is 7. The van der Waals surface area contributed by atoms with Crippen LogP contribution in [0.1, 0.15) is 0 Å². The molecular weight excluding hydrogens is 400 g/mol. The molecule has 2 aromatic carbocycles. The second-order valence-electron chi connectivity index (χ2n) is 6.61. The number of carbonyl (C=O) groups excluding carboxylic acids is 1. The minimum atomic E-state index is -0.286. The number of rotatable bonds is 7. The molecule has 0 fully saturated rings. The summed E-state index contributed by atoms with van der Waals surface area (Å²) in [5.41, 5.74) is 2.17. The summed E-state index contributed by atoms with van der Waals surface area (Å²) in [6.07, 6.45) is 1.62. The second kappa shape index (κ2) is 8.61. The average Bonchev–Trinajstić information content (AvgIpc) is 3.42. The monoisotopic (exact) mass is 420 g/mol. The number of hydrogen-bond donors (Lipinski definition) is 1. The van der Waals surface area contributed by atoms with Crippen LogP contribution in [0.15, 0.2) is 48.8 Å². The van der Waals surface area contributed by atoms with Crippen molar-refractivity contribution < 1.29 is 14.3 Å². The van der Waals surface area contributed by atoms with Gasteiger partial charge in [0.15, 0.2) is 17.3 Å². The van der Waals surface area contributed by atoms with Gasteiger partial charge in [-0.05, 0) is 35.5 Å². The maximum Gasteiger partial charge on any atom is 0.248 e. The van der Waals surface area contributed by atoms with Crippen molar-refractivity contribution in [2.24, 2.45) is 7.05 Å². The first-order valence-electron chi connectivity index (χ1n) is 9.32. The van der Waals surface area contributed by atoms with Crippen LogP contribution in [0.3, 0.4) is 0 Å². The lowest BCUT2D eigenvalue weighted by Gasteiger charge is -2.07. The van der Waals surface area contributed by atoms with Gasteiger partial charge < -0.3 is 19.4 Å². The van der Waals surface area contributed by atoms with Gasteiger partial charge in [0.25, 0.3) is 0 Å². The summed E-state index contributed by atoms with van der Waals surface area (Å²) in [5, 5.41) is 23.1. The molecule has 0 saturated carbocycles. The highest BCUT2D eigenvalue weighted by Gasteiger charge is 2.13. The van der Waals surface area contributed by atoms with Crippen LogP contribution in [0.2, 0.25) is 0 Å². The normalized spacial score (nSPS) is 10.7. The highest BCUT2D eigenvalue weighted by Crippen LogP contribution is 2.30. The lowest BCUT2D eigenvalue weighted by atomic mass is 10.2. The van der Waals surface area contributed by atoms with E-state index in [2.05, 4.69) is 30.9 Å². The molecule has 0 aliphatic carbocycles. The van der Waals surface area contributed by atoms with Crippen molar-refractivity contribution in [2.75, 3.05) is 19.5 Å². The maximum absolute atomic E-state index is 12.5. The largest absolute Gasteiger partial charge is 0.493 e. The number of benzene rings is 2. The highest BCUT2D eigenvalue weighted by atomic mass is 16.5. The summed E-state index contributed by atoms with van der Waals surface area (Å²) in [4.78, 5) is 13.7. The fourth-order valence-corrected chi connectivity index (χ4v) is 3.01. The van der Waals surface area contributed by atoms with Crippen molar-refractivity contribution >= 4 is 11.6 Å². The molecule has 158 valence electrons. The summed E-state index contributed by atoms with van der Waals surface area (Å²) in [6, 6.07) is 12.6. The van der Waals surface area contributed by atoms with Crippen molar-refractivity contribution in [1.29, 1.82) is 0 Å². The molecule has 0 bridgehead atoms. The van der Waals surface area contributed by atoms with Gasteiger partial charge in [-0.2, -0.15) is 4.80 Å². The summed E-state index contributed by atoms with van der Waals surface area (Å²) < 4.78 is 12.3. The van der Waals surface area contributed by atoms with Crippen molar-refractivity contribution in [3.63, 3.8) is 0 Å². The number of amides is 1. The molecule has 4 aromatic rings. The molecule has 31 heavy (non-hydrogen) atoms. The maximum atomic E-state index is 12.5. The van der Waals surface area contributed by atoms with E-state index in [1.165, 1.54) is 4.80 Å². The molecule has 0 unspecified atom stereocenters. The Morgan fingerprint density at radius 1 is 1.03 bits per heavy atom. The Bertz CT molecular complexity index is 1220. The van der Waals surface area contributed by atoms with Crippen LogP contribution in [0.5, 0.6) is 11.5 Å². The van der Waals surface area contributed by atoms with E-state index in [0.717, 1.165) is 5.56 Å². The van der Waals surface area contributed by atoms with Gasteiger partial charge in [0.1, 0.15) is 12.9 Å².